The van der Waals surface area contributed by atoms with E-state index >= 15 is 4.79 Å². The minimum Gasteiger partial charge on any atom is -0.497 e. The van der Waals surface area contributed by atoms with Gasteiger partial charge in [0.2, 0.25) is 11.8 Å². The lowest BCUT2D eigenvalue weighted by Crippen LogP contribution is -2.52. The third kappa shape index (κ3) is 9.57. The molecule has 1 saturated heterocycles. The second kappa shape index (κ2) is 21.0. The summed E-state index contributed by atoms with van der Waals surface area (Å²) in [7, 11) is -0.951. The molecule has 0 bridgehead atoms. The molecule has 8 rings (SSSR count). The molecule has 5 atom stereocenters. The van der Waals surface area contributed by atoms with E-state index in [0.29, 0.717) is 54.5 Å². The summed E-state index contributed by atoms with van der Waals surface area (Å²) < 4.78 is 18.6. The summed E-state index contributed by atoms with van der Waals surface area (Å²) in [5.41, 5.74) is 3.98. The SMILES string of the molecule is CCOc1ccc2c(c1)CC(NCCCCO)C(=O)N2c1ccc(CN2C(=O)[C@@]3(O[C@@H](CC(=O)N(CCO)Cc4ccccc4)[C@H]([Si](C)(C)c4ccc(OC)cc4)[C@H]3C)c3cc(Cl)ccc32)cc1. The van der Waals surface area contributed by atoms with Crippen LogP contribution in [0.5, 0.6) is 11.5 Å². The van der Waals surface area contributed by atoms with Crippen LogP contribution in [0.1, 0.15) is 55.4 Å². The number of carbonyl (C=O) groups excluding carboxylic acids is 3. The van der Waals surface area contributed by atoms with Gasteiger partial charge in [0, 0.05) is 41.9 Å². The fraction of sp³-hybridized carbons (Fsp3) is 0.389. The minimum atomic E-state index is -2.59. The molecule has 0 aromatic heterocycles. The van der Waals surface area contributed by atoms with Gasteiger partial charge >= 0.3 is 0 Å². The van der Waals surface area contributed by atoms with Gasteiger partial charge in [-0.2, -0.15) is 0 Å². The van der Waals surface area contributed by atoms with Crippen molar-refractivity contribution in [2.24, 2.45) is 5.92 Å². The molecule has 1 fully saturated rings. The number of rotatable bonds is 19. The van der Waals surface area contributed by atoms with Crippen molar-refractivity contribution in [2.45, 2.75) is 89.0 Å². The summed E-state index contributed by atoms with van der Waals surface area (Å²) in [6, 6.07) is 36.4. The number of amides is 3. The molecule has 68 heavy (non-hydrogen) atoms. The molecule has 3 aliphatic heterocycles. The zero-order valence-electron chi connectivity index (χ0n) is 39.6. The van der Waals surface area contributed by atoms with Crippen LogP contribution in [0, 0.1) is 5.92 Å². The highest BCUT2D eigenvalue weighted by Gasteiger charge is 2.66. The summed E-state index contributed by atoms with van der Waals surface area (Å²) in [5, 5.41) is 24.5. The highest BCUT2D eigenvalue weighted by molar-refractivity contribution is 6.91. The maximum absolute atomic E-state index is 15.6. The van der Waals surface area contributed by atoms with Crippen molar-refractivity contribution >= 4 is 59.6 Å². The first-order valence-electron chi connectivity index (χ1n) is 23.7. The third-order valence-electron chi connectivity index (χ3n) is 14.2. The molecule has 0 saturated carbocycles. The van der Waals surface area contributed by atoms with Crippen molar-refractivity contribution in [1.29, 1.82) is 0 Å². The van der Waals surface area contributed by atoms with Gasteiger partial charge in [0.15, 0.2) is 5.60 Å². The Bertz CT molecular complexity index is 2580. The number of benzene rings is 5. The van der Waals surface area contributed by atoms with Crippen LogP contribution >= 0.6 is 11.6 Å². The average molecular weight is 960 g/mol. The van der Waals surface area contributed by atoms with Crippen LogP contribution < -0.4 is 29.8 Å². The first-order chi connectivity index (χ1) is 32.8. The molecule has 0 radical (unpaired) electrons. The predicted octanol–water partition coefficient (Wildman–Crippen LogP) is 7.87. The van der Waals surface area contributed by atoms with Crippen molar-refractivity contribution in [2.75, 3.05) is 49.8 Å². The largest absolute Gasteiger partial charge is 0.497 e. The molecule has 1 unspecified atom stereocenters. The van der Waals surface area contributed by atoms with Gasteiger partial charge in [0.25, 0.3) is 5.91 Å². The van der Waals surface area contributed by atoms with Crippen LogP contribution in [0.2, 0.25) is 23.7 Å². The molecule has 14 heteroatoms. The average Bonchev–Trinajstić information content (AvgIpc) is 3.76. The smallest absolute Gasteiger partial charge is 0.264 e. The maximum atomic E-state index is 15.6. The highest BCUT2D eigenvalue weighted by Crippen LogP contribution is 2.60. The van der Waals surface area contributed by atoms with E-state index in [-0.39, 0.29) is 61.9 Å². The molecule has 3 N–H and O–H groups in total. The molecule has 3 amide bonds. The van der Waals surface area contributed by atoms with E-state index in [1.807, 2.05) is 104 Å². The Balaban J connectivity index is 1.12. The Morgan fingerprint density at radius 1 is 0.897 bits per heavy atom. The number of anilines is 3. The number of hydrogen-bond donors (Lipinski definition) is 3. The van der Waals surface area contributed by atoms with E-state index in [9.17, 15) is 19.8 Å². The highest BCUT2D eigenvalue weighted by atomic mass is 35.5. The first-order valence-corrected chi connectivity index (χ1v) is 27.2. The van der Waals surface area contributed by atoms with Crippen LogP contribution in [0.15, 0.2) is 115 Å². The molecule has 1 spiro atoms. The number of carbonyl (C=O) groups is 3. The molecular weight excluding hydrogens is 896 g/mol. The monoisotopic (exact) mass is 958 g/mol. The van der Waals surface area contributed by atoms with Crippen LogP contribution in [-0.2, 0) is 44.2 Å². The van der Waals surface area contributed by atoms with Gasteiger partial charge in [0.05, 0.1) is 64.9 Å². The van der Waals surface area contributed by atoms with Crippen LogP contribution in [0.4, 0.5) is 17.1 Å². The van der Waals surface area contributed by atoms with Crippen molar-refractivity contribution in [1.82, 2.24) is 10.2 Å². The lowest BCUT2D eigenvalue weighted by Gasteiger charge is -2.37. The zero-order chi connectivity index (χ0) is 48.2. The summed E-state index contributed by atoms with van der Waals surface area (Å²) in [5.74, 6) is 0.655. The van der Waals surface area contributed by atoms with Gasteiger partial charge in [-0.25, -0.2) is 0 Å². The van der Waals surface area contributed by atoms with Crippen molar-refractivity contribution in [3.05, 3.63) is 143 Å². The number of unbranched alkanes of at least 4 members (excludes halogenated alkanes) is 1. The van der Waals surface area contributed by atoms with E-state index in [1.54, 1.807) is 27.9 Å². The fourth-order valence-corrected chi connectivity index (χ4v) is 15.0. The van der Waals surface area contributed by atoms with Gasteiger partial charge in [-0.1, -0.05) is 91.4 Å². The topological polar surface area (TPSA) is 141 Å². The number of ether oxygens (including phenoxy) is 3. The van der Waals surface area contributed by atoms with E-state index < -0.39 is 25.8 Å². The molecule has 5 aromatic carbocycles. The lowest BCUT2D eigenvalue weighted by atomic mass is 9.82. The number of aliphatic hydroxyl groups is 2. The second-order valence-electron chi connectivity index (χ2n) is 18.6. The molecule has 358 valence electrons. The van der Waals surface area contributed by atoms with E-state index in [1.165, 1.54) is 0 Å². The van der Waals surface area contributed by atoms with E-state index in [4.69, 9.17) is 25.8 Å². The number of nitrogens with one attached hydrogen (secondary N) is 1. The van der Waals surface area contributed by atoms with Gasteiger partial charge < -0.3 is 39.5 Å². The van der Waals surface area contributed by atoms with Crippen molar-refractivity contribution in [3.63, 3.8) is 0 Å². The van der Waals surface area contributed by atoms with Crippen molar-refractivity contribution < 1.29 is 38.8 Å². The number of methoxy groups -OCH3 is 1. The molecular formula is C54H63ClN4O8Si. The van der Waals surface area contributed by atoms with E-state index in [0.717, 1.165) is 45.5 Å². The zero-order valence-corrected chi connectivity index (χ0v) is 41.4. The van der Waals surface area contributed by atoms with Crippen LogP contribution in [0.3, 0.4) is 0 Å². The fourth-order valence-electron chi connectivity index (χ4n) is 10.8. The van der Waals surface area contributed by atoms with Crippen LogP contribution in [-0.4, -0.2) is 93.1 Å². The quantitative estimate of drug-likeness (QED) is 0.0557. The molecule has 12 nitrogen and oxygen atoms in total. The summed E-state index contributed by atoms with van der Waals surface area (Å²) in [6.45, 7) is 10.3. The van der Waals surface area contributed by atoms with Gasteiger partial charge in [-0.05, 0) is 116 Å². The van der Waals surface area contributed by atoms with Gasteiger partial charge in [0.1, 0.15) is 11.5 Å². The normalized spacial score (nSPS) is 21.0. The number of hydrogen-bond acceptors (Lipinski definition) is 9. The first kappa shape index (κ1) is 48.9. The number of aliphatic hydroxyl groups excluding tert-OH is 2. The standard InChI is InChI=1S/C54H63ClN4O8Si/c1-6-66-43-21-25-47-39(30-43)31-46(56-26-10-11-28-60)52(63)59(47)41-17-14-38(15-18-41)35-58-48-24-16-40(55)32-45(48)54(53(58)64)36(2)51(68(4,5)44-22-19-42(65-3)20-23-44)49(67-54)33-50(62)57(27-29-61)34-37-12-8-7-9-13-37/h7-9,12-25,30,32,36,46,49,51,56,60-61H,6,10-11,26-29,31,33-35H2,1-5H3/t36-,46?,49+,51-,54+/m1/s1. The Labute approximate surface area is 405 Å². The van der Waals surface area contributed by atoms with E-state index in [2.05, 4.69) is 37.5 Å². The Morgan fingerprint density at radius 2 is 1.62 bits per heavy atom. The van der Waals surface area contributed by atoms with Crippen molar-refractivity contribution in [3.8, 4) is 11.5 Å². The van der Waals surface area contributed by atoms with Gasteiger partial charge in [-0.15, -0.1) is 0 Å². The third-order valence-corrected chi connectivity index (χ3v) is 18.8. The minimum absolute atomic E-state index is 0.0190. The summed E-state index contributed by atoms with van der Waals surface area (Å²) >= 11 is 6.80. The molecule has 3 aliphatic rings. The van der Waals surface area contributed by atoms with Crippen LogP contribution in [0.25, 0.3) is 0 Å². The molecule has 0 aliphatic carbocycles. The molecule has 5 aromatic rings. The summed E-state index contributed by atoms with van der Waals surface area (Å²) in [6.07, 6.45) is 1.28. The number of nitrogens with zero attached hydrogens (tertiary/aromatic N) is 3. The lowest BCUT2D eigenvalue weighted by molar-refractivity contribution is -0.150. The Hall–Kier alpha value is -5.54. The number of fused-ring (bicyclic) bond motifs is 3. The maximum Gasteiger partial charge on any atom is 0.264 e. The Kier molecular flexibility index (Phi) is 15.1. The predicted molar refractivity (Wildman–Crippen MR) is 269 cm³/mol. The second-order valence-corrected chi connectivity index (χ2v) is 23.8. The molecule has 3 heterocycles. The number of halogens is 1. The summed E-state index contributed by atoms with van der Waals surface area (Å²) in [4.78, 5) is 49.5. The van der Waals surface area contributed by atoms with Gasteiger partial charge in [-0.3, -0.25) is 19.3 Å². The Morgan fingerprint density at radius 3 is 2.31 bits per heavy atom.